The average molecular weight is 386 g/mol. The number of rotatable bonds is 7. The maximum atomic E-state index is 12.1. The minimum absolute atomic E-state index is 0.208. The van der Waals surface area contributed by atoms with Crippen molar-refractivity contribution in [2.24, 2.45) is 4.99 Å². The van der Waals surface area contributed by atoms with Gasteiger partial charge < -0.3 is 9.84 Å². The second-order valence-corrected chi connectivity index (χ2v) is 6.90. The molecule has 0 spiro atoms. The normalized spacial score (nSPS) is 17.1. The molecule has 7 nitrogen and oxygen atoms in total. The number of amidine groups is 1. The quantitative estimate of drug-likeness (QED) is 0.444. The van der Waals surface area contributed by atoms with E-state index >= 15 is 0 Å². The van der Waals surface area contributed by atoms with E-state index in [4.69, 9.17) is 9.84 Å². The number of hydrogen-bond donors (Lipinski definition) is 1. The molecule has 8 heteroatoms. The number of likely N-dealkylation sites (N-methyl/N-ethyl adjacent to an activating group) is 1. The van der Waals surface area contributed by atoms with Gasteiger partial charge in [0.25, 0.3) is 11.7 Å². The predicted molar refractivity (Wildman–Crippen MR) is 99.9 cm³/mol. The van der Waals surface area contributed by atoms with Gasteiger partial charge in [-0.3, -0.25) is 14.5 Å². The number of thiophene rings is 1. The Morgan fingerprint density at radius 1 is 1.26 bits per heavy atom. The number of amides is 1. The van der Waals surface area contributed by atoms with E-state index in [1.807, 2.05) is 41.8 Å². The zero-order valence-corrected chi connectivity index (χ0v) is 15.4. The standard InChI is InChI=1S/C19H18N2O5S/c1-21-17(20-14(19(24)25)15(22)18(21)23)16-13(8-10-27-16)7-9-26-11-12-5-3-2-4-6-12/h2-6,8,10,14H,7,9,11H2,1H3,(H,24,25). The molecular weight excluding hydrogens is 368 g/mol. The molecule has 2 aromatic rings. The van der Waals surface area contributed by atoms with Crippen molar-refractivity contribution >= 4 is 34.8 Å². The Morgan fingerprint density at radius 2 is 2.00 bits per heavy atom. The van der Waals surface area contributed by atoms with Gasteiger partial charge in [-0.2, -0.15) is 0 Å². The molecule has 1 atom stereocenters. The van der Waals surface area contributed by atoms with Crippen LogP contribution in [0, 0.1) is 0 Å². The fourth-order valence-corrected chi connectivity index (χ4v) is 3.68. The van der Waals surface area contributed by atoms with Gasteiger partial charge in [0.1, 0.15) is 5.84 Å². The third kappa shape index (κ3) is 4.12. The van der Waals surface area contributed by atoms with E-state index < -0.39 is 23.7 Å². The molecule has 2 heterocycles. The summed E-state index contributed by atoms with van der Waals surface area (Å²) in [5.41, 5.74) is 1.97. The lowest BCUT2D eigenvalue weighted by atomic mass is 10.1. The van der Waals surface area contributed by atoms with Gasteiger partial charge in [0.15, 0.2) is 0 Å². The summed E-state index contributed by atoms with van der Waals surface area (Å²) in [7, 11) is 1.42. The molecule has 0 bridgehead atoms. The Kier molecular flexibility index (Phi) is 5.78. The van der Waals surface area contributed by atoms with Crippen molar-refractivity contribution in [3.05, 3.63) is 57.8 Å². The van der Waals surface area contributed by atoms with Crippen molar-refractivity contribution < 1.29 is 24.2 Å². The molecule has 0 radical (unpaired) electrons. The highest BCUT2D eigenvalue weighted by Gasteiger charge is 2.40. The van der Waals surface area contributed by atoms with Crippen LogP contribution in [0.4, 0.5) is 0 Å². The first-order valence-corrected chi connectivity index (χ1v) is 9.18. The summed E-state index contributed by atoms with van der Waals surface area (Å²) in [4.78, 5) is 41.0. The van der Waals surface area contributed by atoms with Gasteiger partial charge in [0, 0.05) is 7.05 Å². The van der Waals surface area contributed by atoms with Gasteiger partial charge in [-0.1, -0.05) is 30.3 Å². The molecule has 0 fully saturated rings. The van der Waals surface area contributed by atoms with Gasteiger partial charge in [-0.15, -0.1) is 11.3 Å². The number of carboxylic acids is 1. The Labute approximate surface area is 159 Å². The van der Waals surface area contributed by atoms with Crippen LogP contribution in [0.1, 0.15) is 16.0 Å². The number of aliphatic carboxylic acids is 1. The molecule has 1 aromatic heterocycles. The summed E-state index contributed by atoms with van der Waals surface area (Å²) < 4.78 is 5.70. The van der Waals surface area contributed by atoms with Crippen LogP contribution in [0.15, 0.2) is 46.8 Å². The SMILES string of the molecule is CN1C(=O)C(=O)C(C(=O)O)N=C1c1sccc1CCOCc1ccccc1. The number of carboxylic acid groups (broad SMARTS) is 1. The van der Waals surface area contributed by atoms with Crippen LogP contribution in [0.3, 0.4) is 0 Å². The van der Waals surface area contributed by atoms with Crippen molar-refractivity contribution in [2.45, 2.75) is 19.1 Å². The third-order valence-electron chi connectivity index (χ3n) is 4.14. The highest BCUT2D eigenvalue weighted by molar-refractivity contribution is 7.12. The summed E-state index contributed by atoms with van der Waals surface area (Å²) in [5, 5.41) is 11.0. The van der Waals surface area contributed by atoms with E-state index in [9.17, 15) is 14.4 Å². The van der Waals surface area contributed by atoms with Crippen molar-refractivity contribution in [1.82, 2.24) is 4.90 Å². The number of Topliss-reactive ketones (excluding diaryl/α,β-unsaturated/α-hetero) is 1. The summed E-state index contributed by atoms with van der Waals surface area (Å²) in [6.07, 6.45) is 0.582. The first-order chi connectivity index (χ1) is 13.0. The minimum Gasteiger partial charge on any atom is -0.479 e. The number of hydrogen-bond acceptors (Lipinski definition) is 6. The zero-order chi connectivity index (χ0) is 19.4. The number of carbonyl (C=O) groups is 3. The second kappa shape index (κ2) is 8.24. The van der Waals surface area contributed by atoms with Crippen LogP contribution >= 0.6 is 11.3 Å². The molecule has 1 aromatic carbocycles. The largest absolute Gasteiger partial charge is 0.479 e. The molecule has 1 aliphatic heterocycles. The fraction of sp³-hybridized carbons (Fsp3) is 0.263. The molecule has 0 saturated carbocycles. The predicted octanol–water partition coefficient (Wildman–Crippen LogP) is 1.75. The fourth-order valence-electron chi connectivity index (χ4n) is 2.70. The van der Waals surface area contributed by atoms with Crippen molar-refractivity contribution in [2.75, 3.05) is 13.7 Å². The lowest BCUT2D eigenvalue weighted by Crippen LogP contribution is -2.50. The summed E-state index contributed by atoms with van der Waals surface area (Å²) in [5.74, 6) is -3.12. The van der Waals surface area contributed by atoms with Crippen molar-refractivity contribution in [1.29, 1.82) is 0 Å². The smallest absolute Gasteiger partial charge is 0.336 e. The van der Waals surface area contributed by atoms with Crippen LogP contribution in [-0.2, 0) is 32.1 Å². The Balaban J connectivity index is 1.72. The molecule has 1 unspecified atom stereocenters. The summed E-state index contributed by atoms with van der Waals surface area (Å²) in [6, 6.07) is 10.0. The molecule has 1 aliphatic rings. The first-order valence-electron chi connectivity index (χ1n) is 8.30. The second-order valence-electron chi connectivity index (χ2n) is 5.99. The van der Waals surface area contributed by atoms with E-state index in [0.717, 1.165) is 16.0 Å². The number of benzene rings is 1. The van der Waals surface area contributed by atoms with Gasteiger partial charge in [-0.25, -0.2) is 9.79 Å². The van der Waals surface area contributed by atoms with Crippen molar-refractivity contribution in [3.63, 3.8) is 0 Å². The third-order valence-corrected chi connectivity index (χ3v) is 5.10. The zero-order valence-electron chi connectivity index (χ0n) is 14.6. The van der Waals surface area contributed by atoms with Gasteiger partial charge >= 0.3 is 5.97 Å². The minimum atomic E-state index is -1.69. The first kappa shape index (κ1) is 18.9. The maximum Gasteiger partial charge on any atom is 0.336 e. The van der Waals surface area contributed by atoms with E-state index in [2.05, 4.69) is 4.99 Å². The van der Waals surface area contributed by atoms with E-state index in [1.165, 1.54) is 18.4 Å². The molecular formula is C19H18N2O5S. The van der Waals surface area contributed by atoms with Crippen LogP contribution in [0.2, 0.25) is 0 Å². The highest BCUT2D eigenvalue weighted by Crippen LogP contribution is 2.23. The number of ketones is 1. The van der Waals surface area contributed by atoms with Crippen LogP contribution < -0.4 is 0 Å². The number of carbonyl (C=O) groups excluding carboxylic acids is 2. The van der Waals surface area contributed by atoms with E-state index in [-0.39, 0.29) is 5.84 Å². The Morgan fingerprint density at radius 3 is 2.70 bits per heavy atom. The van der Waals surface area contributed by atoms with Crippen LogP contribution in [-0.4, -0.2) is 53.2 Å². The van der Waals surface area contributed by atoms with Crippen molar-refractivity contribution in [3.8, 4) is 0 Å². The maximum absolute atomic E-state index is 12.1. The van der Waals surface area contributed by atoms with Gasteiger partial charge in [0.05, 0.1) is 18.1 Å². The van der Waals surface area contributed by atoms with Crippen LogP contribution in [0.5, 0.6) is 0 Å². The molecule has 0 saturated heterocycles. The summed E-state index contributed by atoms with van der Waals surface area (Å²) in [6.45, 7) is 0.958. The average Bonchev–Trinajstić information content (AvgIpc) is 3.12. The molecule has 27 heavy (non-hydrogen) atoms. The number of aliphatic imine (C=N–C) groups is 1. The summed E-state index contributed by atoms with van der Waals surface area (Å²) >= 11 is 1.35. The topological polar surface area (TPSA) is 96.3 Å². The van der Waals surface area contributed by atoms with E-state index in [0.29, 0.717) is 24.5 Å². The molecule has 0 aliphatic carbocycles. The Bertz CT molecular complexity index is 891. The van der Waals surface area contributed by atoms with Gasteiger partial charge in [0.2, 0.25) is 6.04 Å². The molecule has 3 rings (SSSR count). The van der Waals surface area contributed by atoms with E-state index in [1.54, 1.807) is 0 Å². The lowest BCUT2D eigenvalue weighted by Gasteiger charge is -2.25. The highest BCUT2D eigenvalue weighted by atomic mass is 32.1. The molecule has 140 valence electrons. The van der Waals surface area contributed by atoms with Gasteiger partial charge in [-0.05, 0) is 29.0 Å². The monoisotopic (exact) mass is 386 g/mol. The number of nitrogens with zero attached hydrogens (tertiary/aromatic N) is 2. The number of ether oxygens (including phenoxy) is 1. The van der Waals surface area contributed by atoms with Crippen LogP contribution in [0.25, 0.3) is 0 Å². The molecule has 1 amide bonds. The molecule has 1 N–H and O–H groups in total. The Hall–Kier alpha value is -2.84. The lowest BCUT2D eigenvalue weighted by molar-refractivity contribution is -0.149.